The number of hydrogen-bond donors (Lipinski definition) is 0. The molecule has 0 unspecified atom stereocenters. The zero-order valence-corrected chi connectivity index (χ0v) is 29.6. The summed E-state index contributed by atoms with van der Waals surface area (Å²) in [5, 5.41) is 7.58. The Hall–Kier alpha value is -3.57. The zero-order valence-electron chi connectivity index (χ0n) is 26.5. The van der Waals surface area contributed by atoms with Crippen LogP contribution >= 0.6 is 35.1 Å². The van der Waals surface area contributed by atoms with Crippen molar-refractivity contribution in [3.63, 3.8) is 0 Å². The third-order valence-corrected chi connectivity index (χ3v) is 9.30. The van der Waals surface area contributed by atoms with Crippen LogP contribution in [0.1, 0.15) is 34.7 Å². The molecule has 18 heteroatoms. The van der Waals surface area contributed by atoms with E-state index in [0.29, 0.717) is 11.1 Å². The van der Waals surface area contributed by atoms with Crippen molar-refractivity contribution in [3.05, 3.63) is 101 Å². The number of hydrogen-bond acceptors (Lipinski definition) is 9. The number of carbonyl (C=O) groups is 1. The summed E-state index contributed by atoms with van der Waals surface area (Å²) in [6.45, 7) is 3.34. The van der Waals surface area contributed by atoms with Gasteiger partial charge < -0.3 is 14.4 Å². The van der Waals surface area contributed by atoms with Crippen molar-refractivity contribution in [2.75, 3.05) is 32.0 Å². The number of aryl methyl sites for hydroxylation is 1. The molecule has 10 nitrogen and oxygen atoms in total. The summed E-state index contributed by atoms with van der Waals surface area (Å²) in [6.07, 6.45) is -4.44. The fourth-order valence-corrected chi connectivity index (χ4v) is 6.42. The maximum atomic E-state index is 13.4. The standard InChI is InChI=1S/C20H19F3N2O4.C10H13Cl2FN2O2S2/c1-13(14-8-6-9-16(11-14)20(21,22)23)24-29-12-15-7-4-5-10-17(15)18(25-28-3)19(26)27-2;1-8-4-6-9(7-5-8)15(18-10(11,12)13)19(16,17)14(2)3/h4-11H,12H2,1-3H3;4-7H,1-3H3/b24-13+,25-18+;. The highest BCUT2D eigenvalue weighted by atomic mass is 35.5. The third-order valence-electron chi connectivity index (χ3n) is 5.97. The van der Waals surface area contributed by atoms with Crippen LogP contribution in [0.15, 0.2) is 83.1 Å². The molecule has 0 aliphatic heterocycles. The van der Waals surface area contributed by atoms with Gasteiger partial charge in [0.15, 0.2) is 5.71 Å². The summed E-state index contributed by atoms with van der Waals surface area (Å²) in [5.74, 6) is -0.692. The molecular formula is C30H32Cl2F4N4O6S2. The lowest BCUT2D eigenvalue weighted by atomic mass is 10.0. The second kappa shape index (κ2) is 17.7. The molecule has 262 valence electrons. The second-order valence-electron chi connectivity index (χ2n) is 9.69. The van der Waals surface area contributed by atoms with Crippen molar-refractivity contribution in [1.29, 1.82) is 0 Å². The highest BCUT2D eigenvalue weighted by Crippen LogP contribution is 2.42. The smallest absolute Gasteiger partial charge is 0.416 e. The van der Waals surface area contributed by atoms with Crippen LogP contribution < -0.4 is 3.71 Å². The first-order valence-corrected chi connectivity index (χ1v) is 16.4. The number of rotatable bonds is 12. The van der Waals surface area contributed by atoms with Crippen molar-refractivity contribution >= 4 is 68.4 Å². The molecular weight excluding hydrogens is 723 g/mol. The number of nitrogens with zero attached hydrogens (tertiary/aromatic N) is 4. The number of carbonyl (C=O) groups excluding carboxylic acids is 1. The molecule has 0 aliphatic carbocycles. The highest BCUT2D eigenvalue weighted by Gasteiger charge is 2.36. The van der Waals surface area contributed by atoms with Crippen LogP contribution in [0, 0.1) is 6.92 Å². The lowest BCUT2D eigenvalue weighted by Crippen LogP contribution is -2.37. The van der Waals surface area contributed by atoms with Gasteiger partial charge >= 0.3 is 26.3 Å². The molecule has 0 saturated heterocycles. The van der Waals surface area contributed by atoms with E-state index in [-0.39, 0.29) is 41.2 Å². The molecule has 0 spiro atoms. The van der Waals surface area contributed by atoms with Gasteiger partial charge in [-0.2, -0.15) is 34.0 Å². The first-order valence-electron chi connectivity index (χ1n) is 13.5. The van der Waals surface area contributed by atoms with E-state index in [4.69, 9.17) is 37.6 Å². The van der Waals surface area contributed by atoms with Gasteiger partial charge in [-0.25, -0.2) is 4.79 Å². The normalized spacial score (nSPS) is 12.6. The Balaban J connectivity index is 0.000000365. The van der Waals surface area contributed by atoms with Crippen LogP contribution in [0.5, 0.6) is 0 Å². The minimum atomic E-state index is -4.44. The van der Waals surface area contributed by atoms with Crippen molar-refractivity contribution in [2.24, 2.45) is 10.3 Å². The molecule has 0 saturated carbocycles. The monoisotopic (exact) mass is 754 g/mol. The summed E-state index contributed by atoms with van der Waals surface area (Å²) in [4.78, 5) is 21.9. The number of esters is 1. The highest BCUT2D eigenvalue weighted by molar-refractivity contribution is 8.15. The molecule has 0 aliphatic rings. The number of methoxy groups -OCH3 is 1. The van der Waals surface area contributed by atoms with E-state index in [0.717, 1.165) is 25.7 Å². The molecule has 0 heterocycles. The fourth-order valence-electron chi connectivity index (χ4n) is 3.58. The Kier molecular flexibility index (Phi) is 15.0. The van der Waals surface area contributed by atoms with Crippen LogP contribution in [0.3, 0.4) is 0 Å². The van der Waals surface area contributed by atoms with Gasteiger partial charge in [0.2, 0.25) is 0 Å². The molecule has 48 heavy (non-hydrogen) atoms. The average molecular weight is 756 g/mol. The molecule has 0 aromatic heterocycles. The third kappa shape index (κ3) is 12.1. The topological polar surface area (TPSA) is 110 Å². The van der Waals surface area contributed by atoms with E-state index in [1.165, 1.54) is 47.4 Å². The number of alkyl halides is 6. The largest absolute Gasteiger partial charge is 0.464 e. The molecule has 0 N–H and O–H groups in total. The molecule has 0 bridgehead atoms. The van der Waals surface area contributed by atoms with Gasteiger partial charge in [0.25, 0.3) is 0 Å². The van der Waals surface area contributed by atoms with Crippen molar-refractivity contribution in [3.8, 4) is 0 Å². The Morgan fingerprint density at radius 3 is 2.10 bits per heavy atom. The molecule has 0 radical (unpaired) electrons. The van der Waals surface area contributed by atoms with E-state index in [2.05, 4.69) is 10.3 Å². The molecule has 0 atom stereocenters. The summed E-state index contributed by atoms with van der Waals surface area (Å²) < 4.78 is 79.8. The first kappa shape index (κ1) is 40.6. The summed E-state index contributed by atoms with van der Waals surface area (Å²) >= 11 is 10.7. The van der Waals surface area contributed by atoms with Crippen molar-refractivity contribution in [1.82, 2.24) is 4.31 Å². The van der Waals surface area contributed by atoms with Crippen LogP contribution in [-0.2, 0) is 42.2 Å². The SMILES string of the molecule is CO/N=C(/C(=O)OC)c1ccccc1CO/N=C(\C)c1cccc(C(F)(F)F)c1.Cc1ccc(N(SC(F)(Cl)Cl)S(=O)(=O)N(C)C)cc1. The minimum absolute atomic E-state index is 0.0484. The predicted molar refractivity (Wildman–Crippen MR) is 180 cm³/mol. The van der Waals surface area contributed by atoms with Gasteiger partial charge in [-0.05, 0) is 43.7 Å². The van der Waals surface area contributed by atoms with E-state index < -0.39 is 31.8 Å². The molecule has 3 aromatic carbocycles. The Morgan fingerprint density at radius 2 is 1.56 bits per heavy atom. The zero-order chi connectivity index (χ0) is 36.3. The van der Waals surface area contributed by atoms with Crippen LogP contribution in [0.4, 0.5) is 23.2 Å². The van der Waals surface area contributed by atoms with Crippen LogP contribution in [-0.4, -0.2) is 62.3 Å². The predicted octanol–water partition coefficient (Wildman–Crippen LogP) is 7.48. The maximum Gasteiger partial charge on any atom is 0.416 e. The van der Waals surface area contributed by atoms with E-state index >= 15 is 0 Å². The summed E-state index contributed by atoms with van der Waals surface area (Å²) in [7, 11) is 1.26. The molecule has 3 aromatic rings. The van der Waals surface area contributed by atoms with E-state index in [1.54, 1.807) is 48.5 Å². The van der Waals surface area contributed by atoms with Crippen LogP contribution in [0.2, 0.25) is 0 Å². The Morgan fingerprint density at radius 1 is 0.938 bits per heavy atom. The Labute approximate surface area is 290 Å². The quantitative estimate of drug-likeness (QED) is 0.0471. The first-order chi connectivity index (χ1) is 22.3. The average Bonchev–Trinajstić information content (AvgIpc) is 3.02. The fraction of sp³-hybridized carbons (Fsp3) is 0.300. The van der Waals surface area contributed by atoms with E-state index in [9.17, 15) is 30.8 Å². The van der Waals surface area contributed by atoms with Gasteiger partial charge in [-0.1, -0.05) is 87.6 Å². The van der Waals surface area contributed by atoms with Gasteiger partial charge in [0.1, 0.15) is 13.7 Å². The van der Waals surface area contributed by atoms with Crippen LogP contribution in [0.25, 0.3) is 0 Å². The lowest BCUT2D eigenvalue weighted by Gasteiger charge is -2.27. The van der Waals surface area contributed by atoms with Crippen molar-refractivity contribution in [2.45, 2.75) is 30.5 Å². The number of anilines is 1. The number of benzene rings is 3. The second-order valence-corrected chi connectivity index (χ2v) is 14.7. The van der Waals surface area contributed by atoms with Gasteiger partial charge in [-0.3, -0.25) is 0 Å². The number of halogens is 6. The van der Waals surface area contributed by atoms with Gasteiger partial charge in [0.05, 0.1) is 24.1 Å². The lowest BCUT2D eigenvalue weighted by molar-refractivity contribution is -0.137. The number of ether oxygens (including phenoxy) is 1. The molecule has 0 amide bonds. The summed E-state index contributed by atoms with van der Waals surface area (Å²) in [6, 6.07) is 18.0. The van der Waals surface area contributed by atoms with Gasteiger partial charge in [-0.15, -0.1) is 0 Å². The van der Waals surface area contributed by atoms with Crippen molar-refractivity contribution < 1.29 is 45.2 Å². The van der Waals surface area contributed by atoms with Gasteiger partial charge in [0, 0.05) is 37.2 Å². The van der Waals surface area contributed by atoms with E-state index in [1.807, 2.05) is 6.92 Å². The Bertz CT molecular complexity index is 1700. The maximum absolute atomic E-state index is 13.4. The number of oxime groups is 2. The molecule has 3 rings (SSSR count). The summed E-state index contributed by atoms with van der Waals surface area (Å²) in [5.41, 5.74) is 1.92. The minimum Gasteiger partial charge on any atom is -0.464 e. The molecule has 0 fully saturated rings.